The van der Waals surface area contributed by atoms with Gasteiger partial charge in [0.25, 0.3) is 0 Å². The largest absolute Gasteiger partial charge is 0.463 e. The lowest BCUT2D eigenvalue weighted by Crippen LogP contribution is -1.98. The summed E-state index contributed by atoms with van der Waals surface area (Å²) in [6.45, 7) is 3.85. The van der Waals surface area contributed by atoms with E-state index >= 15 is 0 Å². The average molecular weight is 208 g/mol. The minimum Gasteiger partial charge on any atom is -0.463 e. The van der Waals surface area contributed by atoms with E-state index in [-0.39, 0.29) is 5.82 Å². The van der Waals surface area contributed by atoms with Crippen LogP contribution in [0.3, 0.4) is 0 Å². The third kappa shape index (κ3) is 3.54. The molecule has 3 heteroatoms. The minimum absolute atomic E-state index is 0.319. The summed E-state index contributed by atoms with van der Waals surface area (Å²) in [4.78, 5) is 11.0. The quantitative estimate of drug-likeness (QED) is 0.564. The molecule has 1 aromatic rings. The fraction of sp³-hybridized carbons (Fsp3) is 0.250. The van der Waals surface area contributed by atoms with Crippen LogP contribution < -0.4 is 0 Å². The summed E-state index contributed by atoms with van der Waals surface area (Å²) in [5.74, 6) is -0.798. The fourth-order valence-corrected chi connectivity index (χ4v) is 1.12. The summed E-state index contributed by atoms with van der Waals surface area (Å²) in [6, 6.07) is 4.83. The minimum atomic E-state index is -0.461. The number of ether oxygens (including phenoxy) is 1. The van der Waals surface area contributed by atoms with E-state index < -0.39 is 5.97 Å². The van der Waals surface area contributed by atoms with Crippen LogP contribution in [0, 0.1) is 12.7 Å². The summed E-state index contributed by atoms with van der Waals surface area (Å²) >= 11 is 0. The lowest BCUT2D eigenvalue weighted by molar-refractivity contribution is -0.137. The SMILES string of the molecule is CCOC(=O)C=Cc1ccc(C)cc1F. The molecule has 0 radical (unpaired) electrons. The van der Waals surface area contributed by atoms with Crippen LogP contribution in [0.4, 0.5) is 4.39 Å². The normalized spacial score (nSPS) is 10.6. The Labute approximate surface area is 88.4 Å². The maximum Gasteiger partial charge on any atom is 0.330 e. The van der Waals surface area contributed by atoms with Crippen molar-refractivity contribution >= 4 is 12.0 Å². The van der Waals surface area contributed by atoms with Gasteiger partial charge in [-0.25, -0.2) is 9.18 Å². The second-order valence-corrected chi connectivity index (χ2v) is 3.11. The molecule has 0 amide bonds. The van der Waals surface area contributed by atoms with Crippen molar-refractivity contribution in [3.05, 3.63) is 41.2 Å². The van der Waals surface area contributed by atoms with Crippen LogP contribution in [-0.2, 0) is 9.53 Å². The zero-order valence-electron chi connectivity index (χ0n) is 8.79. The Kier molecular flexibility index (Phi) is 4.03. The van der Waals surface area contributed by atoms with Gasteiger partial charge in [0.2, 0.25) is 0 Å². The van der Waals surface area contributed by atoms with E-state index in [1.165, 1.54) is 18.2 Å². The first-order valence-corrected chi connectivity index (χ1v) is 4.74. The Balaban J connectivity index is 2.76. The van der Waals surface area contributed by atoms with Gasteiger partial charge in [-0.3, -0.25) is 0 Å². The molecule has 0 saturated carbocycles. The third-order valence-electron chi connectivity index (χ3n) is 1.84. The molecule has 0 aromatic heterocycles. The lowest BCUT2D eigenvalue weighted by Gasteiger charge is -1.98. The second kappa shape index (κ2) is 5.29. The van der Waals surface area contributed by atoms with Gasteiger partial charge >= 0.3 is 5.97 Å². The van der Waals surface area contributed by atoms with Crippen molar-refractivity contribution in [1.29, 1.82) is 0 Å². The van der Waals surface area contributed by atoms with Crippen LogP contribution in [0.25, 0.3) is 6.08 Å². The Morgan fingerprint density at radius 3 is 2.87 bits per heavy atom. The van der Waals surface area contributed by atoms with Gasteiger partial charge in [-0.15, -0.1) is 0 Å². The Morgan fingerprint density at radius 2 is 2.27 bits per heavy atom. The molecule has 2 nitrogen and oxygen atoms in total. The van der Waals surface area contributed by atoms with Crippen molar-refractivity contribution in [3.63, 3.8) is 0 Å². The van der Waals surface area contributed by atoms with E-state index in [4.69, 9.17) is 0 Å². The zero-order chi connectivity index (χ0) is 11.3. The monoisotopic (exact) mass is 208 g/mol. The highest BCUT2D eigenvalue weighted by Crippen LogP contribution is 2.11. The van der Waals surface area contributed by atoms with Crippen molar-refractivity contribution < 1.29 is 13.9 Å². The summed E-state index contributed by atoms with van der Waals surface area (Å²) < 4.78 is 18.0. The van der Waals surface area contributed by atoms with Gasteiger partial charge in [0.15, 0.2) is 0 Å². The molecule has 15 heavy (non-hydrogen) atoms. The number of hydrogen-bond acceptors (Lipinski definition) is 2. The number of benzene rings is 1. The first-order valence-electron chi connectivity index (χ1n) is 4.74. The van der Waals surface area contributed by atoms with Crippen molar-refractivity contribution in [2.24, 2.45) is 0 Å². The molecule has 0 bridgehead atoms. The number of esters is 1. The van der Waals surface area contributed by atoms with Gasteiger partial charge in [0.1, 0.15) is 5.82 Å². The van der Waals surface area contributed by atoms with Crippen molar-refractivity contribution in [1.82, 2.24) is 0 Å². The average Bonchev–Trinajstić information content (AvgIpc) is 2.17. The molecule has 0 N–H and O–H groups in total. The van der Waals surface area contributed by atoms with Crippen LogP contribution >= 0.6 is 0 Å². The van der Waals surface area contributed by atoms with Crippen LogP contribution in [0.5, 0.6) is 0 Å². The Bertz CT molecular complexity index is 383. The van der Waals surface area contributed by atoms with E-state index in [2.05, 4.69) is 4.74 Å². The zero-order valence-corrected chi connectivity index (χ0v) is 8.79. The van der Waals surface area contributed by atoms with Crippen LogP contribution in [0.1, 0.15) is 18.1 Å². The van der Waals surface area contributed by atoms with Gasteiger partial charge < -0.3 is 4.74 Å². The highest BCUT2D eigenvalue weighted by Gasteiger charge is 1.99. The van der Waals surface area contributed by atoms with Gasteiger partial charge in [0.05, 0.1) is 6.61 Å². The summed E-state index contributed by atoms with van der Waals surface area (Å²) in [5, 5.41) is 0. The summed E-state index contributed by atoms with van der Waals surface area (Å²) in [7, 11) is 0. The number of rotatable bonds is 3. The van der Waals surface area contributed by atoms with E-state index in [1.54, 1.807) is 19.1 Å². The van der Waals surface area contributed by atoms with Crippen LogP contribution in [-0.4, -0.2) is 12.6 Å². The molecule has 80 valence electrons. The maximum atomic E-state index is 13.3. The first-order chi connectivity index (χ1) is 7.13. The third-order valence-corrected chi connectivity index (χ3v) is 1.84. The highest BCUT2D eigenvalue weighted by atomic mass is 19.1. The number of carbonyl (C=O) groups excluding carboxylic acids is 1. The van der Waals surface area contributed by atoms with Gasteiger partial charge in [-0.2, -0.15) is 0 Å². The number of carbonyl (C=O) groups is 1. The molecule has 1 rings (SSSR count). The summed E-state index contributed by atoms with van der Waals surface area (Å²) in [5.41, 5.74) is 1.23. The molecule has 0 aliphatic heterocycles. The van der Waals surface area contributed by atoms with E-state index in [0.29, 0.717) is 12.2 Å². The van der Waals surface area contributed by atoms with E-state index in [1.807, 2.05) is 6.92 Å². The maximum absolute atomic E-state index is 13.3. The van der Waals surface area contributed by atoms with Gasteiger partial charge in [-0.05, 0) is 31.6 Å². The molecule has 1 aromatic carbocycles. The topological polar surface area (TPSA) is 26.3 Å². The smallest absolute Gasteiger partial charge is 0.330 e. The molecular weight excluding hydrogens is 195 g/mol. The molecule has 0 spiro atoms. The van der Waals surface area contributed by atoms with Crippen molar-refractivity contribution in [2.75, 3.05) is 6.61 Å². The standard InChI is InChI=1S/C12H13FO2/c1-3-15-12(14)7-6-10-5-4-9(2)8-11(10)13/h4-8H,3H2,1-2H3. The summed E-state index contributed by atoms with van der Waals surface area (Å²) in [6.07, 6.45) is 2.63. The van der Waals surface area contributed by atoms with Gasteiger partial charge in [-0.1, -0.05) is 12.1 Å². The lowest BCUT2D eigenvalue weighted by atomic mass is 10.1. The molecule has 0 unspecified atom stereocenters. The molecule has 0 aliphatic carbocycles. The predicted molar refractivity (Wildman–Crippen MR) is 56.8 cm³/mol. The number of aryl methyl sites for hydroxylation is 1. The predicted octanol–water partition coefficient (Wildman–Crippen LogP) is 2.71. The van der Waals surface area contributed by atoms with E-state index in [0.717, 1.165) is 5.56 Å². The first kappa shape index (κ1) is 11.4. The second-order valence-electron chi connectivity index (χ2n) is 3.11. The van der Waals surface area contributed by atoms with Crippen molar-refractivity contribution in [3.8, 4) is 0 Å². The molecule has 0 aliphatic rings. The number of halogens is 1. The molecule has 0 fully saturated rings. The van der Waals surface area contributed by atoms with Crippen LogP contribution in [0.15, 0.2) is 24.3 Å². The Hall–Kier alpha value is -1.64. The molecule has 0 atom stereocenters. The van der Waals surface area contributed by atoms with Crippen LogP contribution in [0.2, 0.25) is 0 Å². The molecule has 0 heterocycles. The van der Waals surface area contributed by atoms with Gasteiger partial charge in [0, 0.05) is 11.6 Å². The Morgan fingerprint density at radius 1 is 1.53 bits per heavy atom. The van der Waals surface area contributed by atoms with E-state index in [9.17, 15) is 9.18 Å². The fourth-order valence-electron chi connectivity index (χ4n) is 1.12. The molecular formula is C12H13FO2. The van der Waals surface area contributed by atoms with Crippen molar-refractivity contribution in [2.45, 2.75) is 13.8 Å². The molecule has 0 saturated heterocycles. The highest BCUT2D eigenvalue weighted by molar-refractivity contribution is 5.87. The number of hydrogen-bond donors (Lipinski definition) is 0.